The number of hydrazine groups is 1. The fourth-order valence-corrected chi connectivity index (χ4v) is 2.40. The number of nitrogens with one attached hydrogen (secondary N) is 1. The number of hydrogen-bond donors (Lipinski definition) is 2. The zero-order valence-corrected chi connectivity index (χ0v) is 11.2. The van der Waals surface area contributed by atoms with Crippen LogP contribution in [0.1, 0.15) is 18.7 Å². The van der Waals surface area contributed by atoms with E-state index in [-0.39, 0.29) is 19.6 Å². The van der Waals surface area contributed by atoms with Gasteiger partial charge in [0.1, 0.15) is 11.4 Å². The highest BCUT2D eigenvalue weighted by Gasteiger charge is 2.25. The normalized spacial score (nSPS) is 12.0. The van der Waals surface area contributed by atoms with Crippen molar-refractivity contribution in [1.82, 2.24) is 9.97 Å². The summed E-state index contributed by atoms with van der Waals surface area (Å²) in [5, 5.41) is 2.66. The number of fused-ring (bicyclic) bond motifs is 1. The van der Waals surface area contributed by atoms with Gasteiger partial charge in [0.2, 0.25) is 0 Å². The summed E-state index contributed by atoms with van der Waals surface area (Å²) in [4.78, 5) is 9.16. The van der Waals surface area contributed by atoms with Crippen LogP contribution in [0.2, 0.25) is 0 Å². The lowest BCUT2D eigenvalue weighted by Gasteiger charge is -2.07. The van der Waals surface area contributed by atoms with E-state index >= 15 is 0 Å². The second-order valence-electron chi connectivity index (χ2n) is 4.04. The molecule has 0 aromatic carbocycles. The molecule has 0 fully saturated rings. The Morgan fingerprint density at radius 3 is 2.85 bits per heavy atom. The lowest BCUT2D eigenvalue weighted by atomic mass is 10.3. The van der Waals surface area contributed by atoms with Gasteiger partial charge >= 0.3 is 6.18 Å². The van der Waals surface area contributed by atoms with Crippen LogP contribution in [0.3, 0.4) is 0 Å². The Morgan fingerprint density at radius 2 is 2.15 bits per heavy atom. The Kier molecular flexibility index (Phi) is 4.73. The Hall–Kier alpha value is -1.45. The summed E-state index contributed by atoms with van der Waals surface area (Å²) in [6.45, 7) is 0.0666. The number of ether oxygens (including phenoxy) is 1. The van der Waals surface area contributed by atoms with Crippen molar-refractivity contribution in [2.24, 2.45) is 5.84 Å². The molecule has 9 heteroatoms. The van der Waals surface area contributed by atoms with E-state index in [4.69, 9.17) is 10.6 Å². The number of alkyl halides is 3. The molecule has 3 N–H and O–H groups in total. The first-order valence-electron chi connectivity index (χ1n) is 5.85. The predicted molar refractivity (Wildman–Crippen MR) is 70.2 cm³/mol. The van der Waals surface area contributed by atoms with Crippen molar-refractivity contribution >= 4 is 27.4 Å². The minimum absolute atomic E-state index is 0.0106. The highest BCUT2D eigenvalue weighted by atomic mass is 32.1. The van der Waals surface area contributed by atoms with Gasteiger partial charge in [0.05, 0.1) is 5.39 Å². The number of aromatic nitrogens is 2. The number of nitrogens with zero attached hydrogens (tertiary/aromatic N) is 2. The molecule has 0 saturated heterocycles. The summed E-state index contributed by atoms with van der Waals surface area (Å²) in [6.07, 6.45) is -5.08. The maximum absolute atomic E-state index is 11.9. The Labute approximate surface area is 116 Å². The zero-order chi connectivity index (χ0) is 14.6. The average Bonchev–Trinajstić information content (AvgIpc) is 2.84. The summed E-state index contributed by atoms with van der Waals surface area (Å²) in [5.74, 6) is 6.23. The van der Waals surface area contributed by atoms with Crippen molar-refractivity contribution < 1.29 is 17.9 Å². The highest BCUT2D eigenvalue weighted by Crippen LogP contribution is 2.24. The van der Waals surface area contributed by atoms with Gasteiger partial charge in [0.15, 0.2) is 11.6 Å². The largest absolute Gasteiger partial charge is 0.389 e. The van der Waals surface area contributed by atoms with Gasteiger partial charge in [-0.25, -0.2) is 15.8 Å². The lowest BCUT2D eigenvalue weighted by Crippen LogP contribution is -2.12. The van der Waals surface area contributed by atoms with Gasteiger partial charge in [-0.05, 0) is 17.9 Å². The van der Waals surface area contributed by atoms with Crippen molar-refractivity contribution in [2.75, 3.05) is 12.0 Å². The summed E-state index contributed by atoms with van der Waals surface area (Å²) in [7, 11) is 0. The fourth-order valence-electron chi connectivity index (χ4n) is 1.61. The van der Waals surface area contributed by atoms with E-state index in [0.717, 1.165) is 10.2 Å². The Morgan fingerprint density at radius 1 is 1.35 bits per heavy atom. The summed E-state index contributed by atoms with van der Waals surface area (Å²) in [5.41, 5.74) is 2.47. The van der Waals surface area contributed by atoms with Crippen LogP contribution in [0.25, 0.3) is 10.2 Å². The van der Waals surface area contributed by atoms with Gasteiger partial charge < -0.3 is 10.2 Å². The molecule has 2 aromatic rings. The van der Waals surface area contributed by atoms with Gasteiger partial charge in [-0.1, -0.05) is 0 Å². The third-order valence-corrected chi connectivity index (χ3v) is 3.29. The number of nitrogens with two attached hydrogens (primary N) is 1. The number of hydrogen-bond acceptors (Lipinski definition) is 6. The van der Waals surface area contributed by atoms with Gasteiger partial charge in [0.25, 0.3) is 0 Å². The molecule has 0 spiro atoms. The standard InChI is InChI=1S/C11H13F3N4OS/c12-11(13,14)3-1-4-19-6-8-16-9(18-15)7-2-5-20-10(7)17-8/h2,5H,1,3-4,6,15H2,(H,16,17,18). The molecular weight excluding hydrogens is 293 g/mol. The first-order valence-corrected chi connectivity index (χ1v) is 6.73. The van der Waals surface area contributed by atoms with Gasteiger partial charge in [0, 0.05) is 13.0 Å². The predicted octanol–water partition coefficient (Wildman–Crippen LogP) is 2.84. The number of thiophene rings is 1. The monoisotopic (exact) mass is 306 g/mol. The molecular formula is C11H13F3N4OS. The van der Waals surface area contributed by atoms with Crippen molar-refractivity contribution in [3.63, 3.8) is 0 Å². The van der Waals surface area contributed by atoms with Crippen LogP contribution in [-0.2, 0) is 11.3 Å². The molecule has 2 aromatic heterocycles. The number of nitrogen functional groups attached to an aromatic ring is 1. The van der Waals surface area contributed by atoms with Crippen molar-refractivity contribution in [3.05, 3.63) is 17.3 Å². The molecule has 20 heavy (non-hydrogen) atoms. The Bertz CT molecular complexity index is 572. The second kappa shape index (κ2) is 6.33. The summed E-state index contributed by atoms with van der Waals surface area (Å²) in [6, 6.07) is 1.84. The molecule has 0 amide bonds. The molecule has 0 aliphatic heterocycles. The third kappa shape index (κ3) is 4.02. The van der Waals surface area contributed by atoms with E-state index in [1.54, 1.807) is 0 Å². The number of anilines is 1. The lowest BCUT2D eigenvalue weighted by molar-refractivity contribution is -0.138. The summed E-state index contributed by atoms with van der Waals surface area (Å²) >= 11 is 1.43. The van der Waals surface area contributed by atoms with E-state index in [2.05, 4.69) is 15.4 Å². The maximum atomic E-state index is 11.9. The molecule has 0 unspecified atom stereocenters. The van der Waals surface area contributed by atoms with E-state index in [0.29, 0.717) is 11.6 Å². The minimum atomic E-state index is -4.15. The van der Waals surface area contributed by atoms with Crippen LogP contribution in [-0.4, -0.2) is 22.8 Å². The van der Waals surface area contributed by atoms with Crippen molar-refractivity contribution in [1.29, 1.82) is 0 Å². The molecule has 0 aliphatic rings. The van der Waals surface area contributed by atoms with E-state index < -0.39 is 12.6 Å². The number of rotatable bonds is 6. The van der Waals surface area contributed by atoms with Crippen LogP contribution < -0.4 is 11.3 Å². The molecule has 110 valence electrons. The third-order valence-electron chi connectivity index (χ3n) is 2.49. The van der Waals surface area contributed by atoms with Gasteiger partial charge in [-0.2, -0.15) is 13.2 Å². The van der Waals surface area contributed by atoms with Crippen LogP contribution in [0.15, 0.2) is 11.4 Å². The van der Waals surface area contributed by atoms with Crippen LogP contribution in [0.5, 0.6) is 0 Å². The molecule has 0 radical (unpaired) electrons. The quantitative estimate of drug-likeness (QED) is 0.488. The SMILES string of the molecule is NNc1nc(COCCCC(F)(F)F)nc2sccc12. The molecule has 2 rings (SSSR count). The molecule has 0 saturated carbocycles. The van der Waals surface area contributed by atoms with Crippen LogP contribution in [0, 0.1) is 0 Å². The average molecular weight is 306 g/mol. The second-order valence-corrected chi connectivity index (χ2v) is 4.94. The van der Waals surface area contributed by atoms with E-state index in [1.165, 1.54) is 11.3 Å². The molecule has 5 nitrogen and oxygen atoms in total. The summed E-state index contributed by atoms with van der Waals surface area (Å²) < 4.78 is 41.0. The van der Waals surface area contributed by atoms with Crippen molar-refractivity contribution in [3.8, 4) is 0 Å². The van der Waals surface area contributed by atoms with E-state index in [9.17, 15) is 13.2 Å². The Balaban J connectivity index is 1.90. The van der Waals surface area contributed by atoms with Crippen LogP contribution >= 0.6 is 11.3 Å². The first-order chi connectivity index (χ1) is 9.49. The number of halogens is 3. The molecule has 0 atom stereocenters. The minimum Gasteiger partial charge on any atom is -0.373 e. The zero-order valence-electron chi connectivity index (χ0n) is 10.4. The van der Waals surface area contributed by atoms with Gasteiger partial charge in [-0.3, -0.25) is 0 Å². The first kappa shape index (κ1) is 14.9. The topological polar surface area (TPSA) is 73.1 Å². The van der Waals surface area contributed by atoms with E-state index in [1.807, 2.05) is 11.4 Å². The van der Waals surface area contributed by atoms with Crippen molar-refractivity contribution in [2.45, 2.75) is 25.6 Å². The van der Waals surface area contributed by atoms with Gasteiger partial charge in [-0.15, -0.1) is 11.3 Å². The highest BCUT2D eigenvalue weighted by molar-refractivity contribution is 7.16. The van der Waals surface area contributed by atoms with Crippen LogP contribution in [0.4, 0.5) is 19.0 Å². The smallest absolute Gasteiger partial charge is 0.373 e. The molecule has 2 heterocycles. The maximum Gasteiger partial charge on any atom is 0.389 e. The molecule has 0 bridgehead atoms. The molecule has 0 aliphatic carbocycles. The fraction of sp³-hybridized carbons (Fsp3) is 0.455.